The fraction of sp³-hybridized carbons (Fsp3) is 0.900. The molecule has 0 spiro atoms. The summed E-state index contributed by atoms with van der Waals surface area (Å²) in [5.74, 6) is -1.31. The van der Waals surface area contributed by atoms with E-state index in [1.807, 2.05) is 6.92 Å². The Morgan fingerprint density at radius 1 is 1.67 bits per heavy atom. The first-order valence-corrected chi connectivity index (χ1v) is 5.11. The molecule has 5 heteroatoms. The summed E-state index contributed by atoms with van der Waals surface area (Å²) in [5, 5.41) is 19.1. The molecule has 15 heavy (non-hydrogen) atoms. The lowest BCUT2D eigenvalue weighted by Crippen LogP contribution is -2.47. The van der Waals surface area contributed by atoms with E-state index in [1.165, 1.54) is 7.11 Å². The summed E-state index contributed by atoms with van der Waals surface area (Å²) in [5.41, 5.74) is -1.49. The number of hydrogen-bond acceptors (Lipinski definition) is 5. The molecule has 3 atom stereocenters. The maximum atomic E-state index is 11.5. The standard InChI is InChI=1S/C10H18O5/c1-3-4-7-8(9(12)14-2)10(13,5-11)6-15-7/h7-8,11,13H,3-6H2,1-2H3/t7-,8+,10-/m1/s1. The molecule has 0 aromatic carbocycles. The Bertz CT molecular complexity index is 230. The zero-order chi connectivity index (χ0) is 11.5. The summed E-state index contributed by atoms with van der Waals surface area (Å²) in [6.45, 7) is 1.45. The van der Waals surface area contributed by atoms with Gasteiger partial charge >= 0.3 is 5.97 Å². The van der Waals surface area contributed by atoms with Gasteiger partial charge in [-0.1, -0.05) is 13.3 Å². The molecule has 0 aromatic rings. The summed E-state index contributed by atoms with van der Waals surface area (Å²) in [6.07, 6.45) is 1.15. The van der Waals surface area contributed by atoms with Crippen LogP contribution in [-0.4, -0.2) is 48.2 Å². The van der Waals surface area contributed by atoms with E-state index in [0.29, 0.717) is 6.42 Å². The monoisotopic (exact) mass is 218 g/mol. The number of hydrogen-bond donors (Lipinski definition) is 2. The first kappa shape index (κ1) is 12.4. The molecule has 0 aromatic heterocycles. The van der Waals surface area contributed by atoms with Gasteiger partial charge in [-0.25, -0.2) is 0 Å². The van der Waals surface area contributed by atoms with Crippen molar-refractivity contribution in [1.29, 1.82) is 0 Å². The van der Waals surface area contributed by atoms with E-state index in [2.05, 4.69) is 4.74 Å². The second-order valence-corrected chi connectivity index (χ2v) is 3.90. The molecule has 1 aliphatic rings. The van der Waals surface area contributed by atoms with E-state index < -0.39 is 24.1 Å². The Balaban J connectivity index is 2.82. The van der Waals surface area contributed by atoms with Gasteiger partial charge < -0.3 is 19.7 Å². The summed E-state index contributed by atoms with van der Waals surface area (Å²) >= 11 is 0. The van der Waals surface area contributed by atoms with Crippen LogP contribution in [0.15, 0.2) is 0 Å². The van der Waals surface area contributed by atoms with Crippen molar-refractivity contribution in [1.82, 2.24) is 0 Å². The average Bonchev–Trinajstić information content (AvgIpc) is 2.57. The van der Waals surface area contributed by atoms with Crippen molar-refractivity contribution in [2.24, 2.45) is 5.92 Å². The quantitative estimate of drug-likeness (QED) is 0.633. The van der Waals surface area contributed by atoms with Crippen molar-refractivity contribution in [3.63, 3.8) is 0 Å². The topological polar surface area (TPSA) is 76.0 Å². The highest BCUT2D eigenvalue weighted by Gasteiger charge is 2.52. The second kappa shape index (κ2) is 4.92. The lowest BCUT2D eigenvalue weighted by atomic mass is 9.85. The SMILES string of the molecule is CCC[C@H]1OC[C@](O)(CO)[C@@H]1C(=O)OC. The molecule has 0 radical (unpaired) electrons. The highest BCUT2D eigenvalue weighted by Crippen LogP contribution is 2.34. The smallest absolute Gasteiger partial charge is 0.314 e. The molecule has 1 saturated heterocycles. The molecular formula is C10H18O5. The minimum atomic E-state index is -1.49. The molecule has 0 saturated carbocycles. The number of rotatable bonds is 4. The first-order valence-electron chi connectivity index (χ1n) is 5.11. The Labute approximate surface area is 89.0 Å². The van der Waals surface area contributed by atoms with Crippen LogP contribution in [0.25, 0.3) is 0 Å². The molecule has 88 valence electrons. The van der Waals surface area contributed by atoms with E-state index in [0.717, 1.165) is 6.42 Å². The van der Waals surface area contributed by atoms with Gasteiger partial charge in [-0.3, -0.25) is 4.79 Å². The van der Waals surface area contributed by atoms with Gasteiger partial charge in [-0.2, -0.15) is 0 Å². The number of carbonyl (C=O) groups is 1. The molecular weight excluding hydrogens is 200 g/mol. The minimum Gasteiger partial charge on any atom is -0.469 e. The van der Waals surface area contributed by atoms with Gasteiger partial charge in [-0.05, 0) is 6.42 Å². The predicted octanol–water partition coefficient (Wildman–Crippen LogP) is -0.302. The normalized spacial score (nSPS) is 35.5. The third-order valence-electron chi connectivity index (χ3n) is 2.80. The molecule has 0 amide bonds. The molecule has 0 aliphatic carbocycles. The van der Waals surface area contributed by atoms with Crippen LogP contribution in [-0.2, 0) is 14.3 Å². The Morgan fingerprint density at radius 2 is 2.33 bits per heavy atom. The van der Waals surface area contributed by atoms with Crippen molar-refractivity contribution >= 4 is 5.97 Å². The summed E-state index contributed by atoms with van der Waals surface area (Å²) in [4.78, 5) is 11.5. The third-order valence-corrected chi connectivity index (χ3v) is 2.80. The zero-order valence-electron chi connectivity index (χ0n) is 9.10. The van der Waals surface area contributed by atoms with Crippen LogP contribution in [0.3, 0.4) is 0 Å². The molecule has 1 rings (SSSR count). The Morgan fingerprint density at radius 3 is 2.80 bits per heavy atom. The lowest BCUT2D eigenvalue weighted by Gasteiger charge is -2.26. The molecule has 0 unspecified atom stereocenters. The van der Waals surface area contributed by atoms with Crippen molar-refractivity contribution in [2.75, 3.05) is 20.3 Å². The van der Waals surface area contributed by atoms with Crippen molar-refractivity contribution < 1.29 is 24.5 Å². The number of aliphatic hydroxyl groups excluding tert-OH is 1. The highest BCUT2D eigenvalue weighted by molar-refractivity contribution is 5.75. The second-order valence-electron chi connectivity index (χ2n) is 3.90. The van der Waals surface area contributed by atoms with E-state index in [9.17, 15) is 9.90 Å². The van der Waals surface area contributed by atoms with E-state index in [-0.39, 0.29) is 12.7 Å². The minimum absolute atomic E-state index is 0.0199. The van der Waals surface area contributed by atoms with Gasteiger partial charge in [0, 0.05) is 0 Å². The van der Waals surface area contributed by atoms with E-state index >= 15 is 0 Å². The van der Waals surface area contributed by atoms with Gasteiger partial charge in [0.15, 0.2) is 0 Å². The van der Waals surface area contributed by atoms with Gasteiger partial charge in [0.25, 0.3) is 0 Å². The number of carbonyl (C=O) groups excluding carboxylic acids is 1. The highest BCUT2D eigenvalue weighted by atomic mass is 16.5. The third kappa shape index (κ3) is 2.30. The van der Waals surface area contributed by atoms with Crippen LogP contribution >= 0.6 is 0 Å². The number of ether oxygens (including phenoxy) is 2. The number of esters is 1. The molecule has 1 heterocycles. The van der Waals surface area contributed by atoms with Crippen LogP contribution < -0.4 is 0 Å². The predicted molar refractivity (Wildman–Crippen MR) is 52.2 cm³/mol. The van der Waals surface area contributed by atoms with Gasteiger partial charge in [0.2, 0.25) is 0 Å². The number of methoxy groups -OCH3 is 1. The summed E-state index contributed by atoms with van der Waals surface area (Å²) < 4.78 is 9.94. The maximum absolute atomic E-state index is 11.5. The fourth-order valence-corrected chi connectivity index (χ4v) is 1.96. The van der Waals surface area contributed by atoms with Crippen molar-refractivity contribution in [3.05, 3.63) is 0 Å². The summed E-state index contributed by atoms with van der Waals surface area (Å²) in [7, 11) is 1.27. The maximum Gasteiger partial charge on any atom is 0.314 e. The van der Waals surface area contributed by atoms with Crippen molar-refractivity contribution in [2.45, 2.75) is 31.5 Å². The molecule has 1 fully saturated rings. The van der Waals surface area contributed by atoms with Gasteiger partial charge in [-0.15, -0.1) is 0 Å². The summed E-state index contributed by atoms with van der Waals surface area (Å²) in [6, 6.07) is 0. The largest absolute Gasteiger partial charge is 0.469 e. The average molecular weight is 218 g/mol. The molecule has 2 N–H and O–H groups in total. The van der Waals surface area contributed by atoms with Gasteiger partial charge in [0.05, 0.1) is 26.4 Å². The van der Waals surface area contributed by atoms with Gasteiger partial charge in [0.1, 0.15) is 11.5 Å². The Kier molecular flexibility index (Phi) is 4.07. The molecule has 1 aliphatic heterocycles. The van der Waals surface area contributed by atoms with Crippen LogP contribution in [0.4, 0.5) is 0 Å². The first-order chi connectivity index (χ1) is 7.09. The fourth-order valence-electron chi connectivity index (χ4n) is 1.96. The lowest BCUT2D eigenvalue weighted by molar-refractivity contribution is -0.156. The zero-order valence-corrected chi connectivity index (χ0v) is 9.10. The Hall–Kier alpha value is -0.650. The van der Waals surface area contributed by atoms with Crippen LogP contribution in [0.2, 0.25) is 0 Å². The van der Waals surface area contributed by atoms with E-state index in [1.54, 1.807) is 0 Å². The van der Waals surface area contributed by atoms with E-state index in [4.69, 9.17) is 9.84 Å². The van der Waals surface area contributed by atoms with Crippen LogP contribution in [0.5, 0.6) is 0 Å². The van der Waals surface area contributed by atoms with Crippen molar-refractivity contribution in [3.8, 4) is 0 Å². The van der Waals surface area contributed by atoms with Crippen LogP contribution in [0.1, 0.15) is 19.8 Å². The molecule has 0 bridgehead atoms. The van der Waals surface area contributed by atoms with Crippen LogP contribution in [0, 0.1) is 5.92 Å². The molecule has 5 nitrogen and oxygen atoms in total. The number of aliphatic hydroxyl groups is 2.